The van der Waals surface area contributed by atoms with Crippen LogP contribution in [-0.4, -0.2) is 60.5 Å². The van der Waals surface area contributed by atoms with Crippen LogP contribution in [-0.2, 0) is 4.79 Å². The quantitative estimate of drug-likeness (QED) is 0.846. The van der Waals surface area contributed by atoms with E-state index in [-0.39, 0.29) is 0 Å². The van der Waals surface area contributed by atoms with Gasteiger partial charge in [0.15, 0.2) is 0 Å². The van der Waals surface area contributed by atoms with E-state index in [9.17, 15) is 4.79 Å². The molecule has 2 heterocycles. The number of piperidine rings is 1. The number of hydrogen-bond donors (Lipinski definition) is 1. The number of carbonyl (C=O) groups excluding carboxylic acids is 1. The first-order chi connectivity index (χ1) is 10.8. The van der Waals surface area contributed by atoms with Crippen LogP contribution in [0.15, 0.2) is 0 Å². The molecule has 3 fully saturated rings. The summed E-state index contributed by atoms with van der Waals surface area (Å²) in [6.07, 6.45) is 10.2. The summed E-state index contributed by atoms with van der Waals surface area (Å²) in [5.41, 5.74) is 0. The van der Waals surface area contributed by atoms with Crippen LogP contribution >= 0.6 is 0 Å². The van der Waals surface area contributed by atoms with Gasteiger partial charge >= 0.3 is 0 Å². The van der Waals surface area contributed by atoms with E-state index in [4.69, 9.17) is 0 Å². The molecule has 4 heteroatoms. The fourth-order valence-electron chi connectivity index (χ4n) is 4.83. The van der Waals surface area contributed by atoms with Gasteiger partial charge < -0.3 is 10.2 Å². The van der Waals surface area contributed by atoms with Crippen LogP contribution in [0.5, 0.6) is 0 Å². The van der Waals surface area contributed by atoms with Gasteiger partial charge in [0, 0.05) is 25.2 Å². The van der Waals surface area contributed by atoms with Crippen molar-refractivity contribution in [3.05, 3.63) is 0 Å². The highest BCUT2D eigenvalue weighted by molar-refractivity contribution is 5.78. The number of carbonyl (C=O) groups is 1. The van der Waals surface area contributed by atoms with Crippen molar-refractivity contribution < 1.29 is 4.79 Å². The molecule has 0 aromatic carbocycles. The van der Waals surface area contributed by atoms with Crippen molar-refractivity contribution >= 4 is 5.91 Å². The van der Waals surface area contributed by atoms with E-state index >= 15 is 0 Å². The highest BCUT2D eigenvalue weighted by Gasteiger charge is 2.36. The SMILES string of the molecule is CCCN(CC(=O)N1CCCC2CCCCC21)C1CCNC1. The fourth-order valence-corrected chi connectivity index (χ4v) is 4.83. The lowest BCUT2D eigenvalue weighted by molar-refractivity contribution is -0.139. The summed E-state index contributed by atoms with van der Waals surface area (Å²) in [6.45, 7) is 7.08. The Balaban J connectivity index is 1.61. The Morgan fingerprint density at radius 2 is 2.00 bits per heavy atom. The van der Waals surface area contributed by atoms with Gasteiger partial charge in [-0.05, 0) is 57.5 Å². The molecule has 1 N–H and O–H groups in total. The Morgan fingerprint density at radius 3 is 2.77 bits per heavy atom. The summed E-state index contributed by atoms with van der Waals surface area (Å²) >= 11 is 0. The predicted molar refractivity (Wildman–Crippen MR) is 89.8 cm³/mol. The molecule has 3 aliphatic rings. The molecule has 0 spiro atoms. The molecule has 3 unspecified atom stereocenters. The third-order valence-electron chi connectivity index (χ3n) is 5.96. The number of rotatable bonds is 5. The van der Waals surface area contributed by atoms with Gasteiger partial charge in [0.1, 0.15) is 0 Å². The molecule has 3 rings (SSSR count). The summed E-state index contributed by atoms with van der Waals surface area (Å²) in [6, 6.07) is 1.12. The van der Waals surface area contributed by atoms with E-state index in [1.807, 2.05) is 0 Å². The van der Waals surface area contributed by atoms with Gasteiger partial charge in [-0.3, -0.25) is 9.69 Å². The predicted octanol–water partition coefficient (Wildman–Crippen LogP) is 2.24. The van der Waals surface area contributed by atoms with E-state index in [2.05, 4.69) is 22.0 Å². The van der Waals surface area contributed by atoms with Crippen molar-refractivity contribution in [2.24, 2.45) is 5.92 Å². The average Bonchev–Trinajstić information content (AvgIpc) is 3.08. The van der Waals surface area contributed by atoms with Gasteiger partial charge in [-0.15, -0.1) is 0 Å². The molecule has 0 bridgehead atoms. The Hall–Kier alpha value is -0.610. The molecule has 22 heavy (non-hydrogen) atoms. The fraction of sp³-hybridized carbons (Fsp3) is 0.944. The van der Waals surface area contributed by atoms with E-state index < -0.39 is 0 Å². The lowest BCUT2D eigenvalue weighted by Gasteiger charge is -2.45. The number of nitrogens with zero attached hydrogens (tertiary/aromatic N) is 2. The van der Waals surface area contributed by atoms with E-state index in [1.165, 1.54) is 44.9 Å². The lowest BCUT2D eigenvalue weighted by Crippen LogP contribution is -2.53. The molecule has 4 nitrogen and oxygen atoms in total. The second-order valence-electron chi connectivity index (χ2n) is 7.46. The lowest BCUT2D eigenvalue weighted by atomic mass is 9.78. The minimum Gasteiger partial charge on any atom is -0.338 e. The van der Waals surface area contributed by atoms with Crippen molar-refractivity contribution in [1.82, 2.24) is 15.1 Å². The van der Waals surface area contributed by atoms with Crippen LogP contribution in [0.25, 0.3) is 0 Å². The van der Waals surface area contributed by atoms with Gasteiger partial charge in [-0.25, -0.2) is 0 Å². The second-order valence-corrected chi connectivity index (χ2v) is 7.46. The smallest absolute Gasteiger partial charge is 0.237 e. The van der Waals surface area contributed by atoms with Crippen LogP contribution < -0.4 is 5.32 Å². The first-order valence-corrected chi connectivity index (χ1v) is 9.54. The molecule has 0 aromatic heterocycles. The zero-order valence-electron chi connectivity index (χ0n) is 14.2. The molecular weight excluding hydrogens is 274 g/mol. The first-order valence-electron chi connectivity index (χ1n) is 9.54. The van der Waals surface area contributed by atoms with Crippen LogP contribution in [0.2, 0.25) is 0 Å². The monoisotopic (exact) mass is 307 g/mol. The number of fused-ring (bicyclic) bond motifs is 1. The van der Waals surface area contributed by atoms with Crippen molar-refractivity contribution in [1.29, 1.82) is 0 Å². The van der Waals surface area contributed by atoms with Crippen LogP contribution in [0.1, 0.15) is 58.3 Å². The van der Waals surface area contributed by atoms with Crippen molar-refractivity contribution in [2.75, 3.05) is 32.7 Å². The van der Waals surface area contributed by atoms with Gasteiger partial charge in [0.05, 0.1) is 6.54 Å². The van der Waals surface area contributed by atoms with Crippen LogP contribution in [0, 0.1) is 5.92 Å². The number of nitrogens with one attached hydrogen (secondary N) is 1. The molecule has 3 atom stereocenters. The third-order valence-corrected chi connectivity index (χ3v) is 5.96. The topological polar surface area (TPSA) is 35.6 Å². The molecule has 2 saturated heterocycles. The van der Waals surface area contributed by atoms with Gasteiger partial charge in [0.25, 0.3) is 0 Å². The van der Waals surface area contributed by atoms with Crippen molar-refractivity contribution in [2.45, 2.75) is 70.4 Å². The third kappa shape index (κ3) is 3.65. The van der Waals surface area contributed by atoms with E-state index in [0.717, 1.165) is 38.5 Å². The molecule has 1 saturated carbocycles. The van der Waals surface area contributed by atoms with Gasteiger partial charge in [-0.2, -0.15) is 0 Å². The van der Waals surface area contributed by atoms with Crippen LogP contribution in [0.4, 0.5) is 0 Å². The molecule has 1 aliphatic carbocycles. The zero-order chi connectivity index (χ0) is 15.4. The Morgan fingerprint density at radius 1 is 1.18 bits per heavy atom. The van der Waals surface area contributed by atoms with E-state index in [0.29, 0.717) is 24.5 Å². The molecule has 1 amide bonds. The molecule has 0 radical (unpaired) electrons. The number of amides is 1. The molecule has 126 valence electrons. The molecule has 0 aromatic rings. The molecular formula is C18H33N3O. The standard InChI is InChI=1S/C18H33N3O/c1-2-11-20(16-9-10-19-13-16)14-18(22)21-12-5-7-15-6-3-4-8-17(15)21/h15-17,19H,2-14H2,1H3. The minimum absolute atomic E-state index is 0.400. The van der Waals surface area contributed by atoms with Crippen molar-refractivity contribution in [3.63, 3.8) is 0 Å². The molecule has 2 aliphatic heterocycles. The maximum absolute atomic E-state index is 13.0. The summed E-state index contributed by atoms with van der Waals surface area (Å²) in [5.74, 6) is 1.19. The highest BCUT2D eigenvalue weighted by atomic mass is 16.2. The summed E-state index contributed by atoms with van der Waals surface area (Å²) < 4.78 is 0. The first kappa shape index (κ1) is 16.3. The number of hydrogen-bond acceptors (Lipinski definition) is 3. The Labute approximate surface area is 135 Å². The second kappa shape index (κ2) is 7.78. The average molecular weight is 307 g/mol. The van der Waals surface area contributed by atoms with E-state index in [1.54, 1.807) is 0 Å². The minimum atomic E-state index is 0.400. The summed E-state index contributed by atoms with van der Waals surface area (Å²) in [7, 11) is 0. The Bertz CT molecular complexity index is 365. The number of likely N-dealkylation sites (tertiary alicyclic amines) is 1. The summed E-state index contributed by atoms with van der Waals surface area (Å²) in [4.78, 5) is 17.7. The van der Waals surface area contributed by atoms with Gasteiger partial charge in [0.2, 0.25) is 5.91 Å². The maximum Gasteiger partial charge on any atom is 0.237 e. The van der Waals surface area contributed by atoms with Crippen LogP contribution in [0.3, 0.4) is 0 Å². The Kier molecular flexibility index (Phi) is 5.75. The van der Waals surface area contributed by atoms with Gasteiger partial charge in [-0.1, -0.05) is 19.8 Å². The maximum atomic E-state index is 13.0. The summed E-state index contributed by atoms with van der Waals surface area (Å²) in [5, 5.41) is 3.44. The largest absolute Gasteiger partial charge is 0.338 e. The van der Waals surface area contributed by atoms with Crippen molar-refractivity contribution in [3.8, 4) is 0 Å². The zero-order valence-corrected chi connectivity index (χ0v) is 14.2. The highest BCUT2D eigenvalue weighted by Crippen LogP contribution is 2.35. The normalized spacial score (nSPS) is 32.3.